The smallest absolute Gasteiger partial charge is 0.0357 e. The Morgan fingerprint density at radius 1 is 1.05 bits per heavy atom. The molecule has 2 aliphatic rings. The quantitative estimate of drug-likeness (QED) is 0.845. The molecule has 0 amide bonds. The maximum absolute atomic E-state index is 6.31. The Kier molecular flexibility index (Phi) is 4.86. The lowest BCUT2D eigenvalue weighted by Crippen LogP contribution is -2.62. The molecule has 2 saturated carbocycles. The largest absolute Gasteiger partial charge is 0.329 e. The molecule has 2 N–H and O–H groups in total. The first-order chi connectivity index (χ1) is 9.31. The monoisotopic (exact) mass is 280 g/mol. The van der Waals surface area contributed by atoms with Gasteiger partial charge in [0.05, 0.1) is 0 Å². The van der Waals surface area contributed by atoms with Gasteiger partial charge in [-0.15, -0.1) is 0 Å². The van der Waals surface area contributed by atoms with Crippen LogP contribution in [0.25, 0.3) is 0 Å². The summed E-state index contributed by atoms with van der Waals surface area (Å²) in [7, 11) is 2.36. The predicted octanol–water partition coefficient (Wildman–Crippen LogP) is 4.04. The van der Waals surface area contributed by atoms with Crippen molar-refractivity contribution in [2.45, 2.75) is 84.2 Å². The van der Waals surface area contributed by atoms with Crippen LogP contribution in [0.5, 0.6) is 0 Å². The Labute approximate surface area is 126 Å². The van der Waals surface area contributed by atoms with Gasteiger partial charge in [0.2, 0.25) is 0 Å². The average molecular weight is 280 g/mol. The third-order valence-electron chi connectivity index (χ3n) is 6.60. The molecule has 2 atom stereocenters. The van der Waals surface area contributed by atoms with Crippen molar-refractivity contribution >= 4 is 0 Å². The van der Waals surface area contributed by atoms with E-state index in [0.717, 1.165) is 18.5 Å². The molecule has 118 valence electrons. The van der Waals surface area contributed by atoms with Crippen LogP contribution in [-0.2, 0) is 0 Å². The molecule has 0 aromatic rings. The molecule has 0 aromatic carbocycles. The molecule has 2 rings (SSSR count). The zero-order valence-corrected chi connectivity index (χ0v) is 14.4. The van der Waals surface area contributed by atoms with E-state index in [1.807, 2.05) is 0 Å². The van der Waals surface area contributed by atoms with E-state index < -0.39 is 0 Å². The van der Waals surface area contributed by atoms with Gasteiger partial charge < -0.3 is 5.73 Å². The minimum atomic E-state index is 0.251. The van der Waals surface area contributed by atoms with Crippen molar-refractivity contribution in [2.75, 3.05) is 13.6 Å². The van der Waals surface area contributed by atoms with Gasteiger partial charge in [0.25, 0.3) is 0 Å². The van der Waals surface area contributed by atoms with Gasteiger partial charge >= 0.3 is 0 Å². The second kappa shape index (κ2) is 5.96. The maximum Gasteiger partial charge on any atom is 0.0357 e. The van der Waals surface area contributed by atoms with Gasteiger partial charge in [-0.3, -0.25) is 4.90 Å². The lowest BCUT2D eigenvalue weighted by molar-refractivity contribution is -0.0403. The zero-order valence-electron chi connectivity index (χ0n) is 14.4. The number of likely N-dealkylation sites (N-methyl/N-ethyl adjacent to an activating group) is 1. The van der Waals surface area contributed by atoms with Gasteiger partial charge in [0.1, 0.15) is 0 Å². The average Bonchev–Trinajstić information content (AvgIpc) is 2.39. The van der Waals surface area contributed by atoms with Crippen LogP contribution in [0.15, 0.2) is 0 Å². The van der Waals surface area contributed by atoms with Crippen LogP contribution in [0.1, 0.15) is 72.6 Å². The Morgan fingerprint density at radius 2 is 1.65 bits per heavy atom. The molecule has 2 heteroatoms. The molecule has 0 saturated heterocycles. The van der Waals surface area contributed by atoms with Gasteiger partial charge in [-0.25, -0.2) is 0 Å². The standard InChI is InChI=1S/C18H36N2/c1-14-6-8-16(9-7-14)20(5)18(13-19)11-10-17(3,4)12-15(18)2/h14-16H,6-13,19H2,1-5H3. The maximum atomic E-state index is 6.31. The van der Waals surface area contributed by atoms with Crippen LogP contribution in [0.4, 0.5) is 0 Å². The molecule has 2 nitrogen and oxygen atoms in total. The SMILES string of the molecule is CC1CCC(N(C)C2(CN)CCC(C)(C)CC2C)CC1. The van der Waals surface area contributed by atoms with Crippen LogP contribution in [0.3, 0.4) is 0 Å². The molecule has 2 aliphatic carbocycles. The van der Waals surface area contributed by atoms with E-state index in [1.165, 1.54) is 44.9 Å². The minimum absolute atomic E-state index is 0.251. The molecular formula is C18H36N2. The zero-order chi connectivity index (χ0) is 15.0. The third-order valence-corrected chi connectivity index (χ3v) is 6.60. The highest BCUT2D eigenvalue weighted by atomic mass is 15.2. The fraction of sp³-hybridized carbons (Fsp3) is 1.00. The van der Waals surface area contributed by atoms with Crippen LogP contribution in [0.2, 0.25) is 0 Å². The Bertz CT molecular complexity index is 317. The summed E-state index contributed by atoms with van der Waals surface area (Å²) in [5.41, 5.74) is 7.06. The number of hydrogen-bond acceptors (Lipinski definition) is 2. The fourth-order valence-corrected chi connectivity index (χ4v) is 4.89. The number of nitrogens with zero attached hydrogens (tertiary/aromatic N) is 1. The third kappa shape index (κ3) is 3.06. The summed E-state index contributed by atoms with van der Waals surface area (Å²) in [5.74, 6) is 1.64. The van der Waals surface area contributed by atoms with Crippen molar-refractivity contribution in [1.82, 2.24) is 4.90 Å². The van der Waals surface area contributed by atoms with Crippen molar-refractivity contribution < 1.29 is 0 Å². The summed E-state index contributed by atoms with van der Waals surface area (Å²) in [5, 5.41) is 0. The van der Waals surface area contributed by atoms with Gasteiger partial charge in [-0.1, -0.05) is 27.7 Å². The van der Waals surface area contributed by atoms with Crippen molar-refractivity contribution in [1.29, 1.82) is 0 Å². The Balaban J connectivity index is 2.10. The molecule has 2 fully saturated rings. The van der Waals surface area contributed by atoms with E-state index in [1.54, 1.807) is 0 Å². The number of nitrogens with two attached hydrogens (primary N) is 1. The normalized spacial score (nSPS) is 41.9. The van der Waals surface area contributed by atoms with E-state index >= 15 is 0 Å². The molecule has 20 heavy (non-hydrogen) atoms. The van der Waals surface area contributed by atoms with Gasteiger partial charge in [0.15, 0.2) is 0 Å². The van der Waals surface area contributed by atoms with Crippen molar-refractivity contribution in [2.24, 2.45) is 23.0 Å². The second-order valence-corrected chi connectivity index (χ2v) is 8.60. The number of hydrogen-bond donors (Lipinski definition) is 1. The molecule has 2 unspecified atom stereocenters. The first kappa shape index (κ1) is 16.3. The first-order valence-electron chi connectivity index (χ1n) is 8.74. The lowest BCUT2D eigenvalue weighted by atomic mass is 9.62. The molecular weight excluding hydrogens is 244 g/mol. The molecule has 0 spiro atoms. The summed E-state index contributed by atoms with van der Waals surface area (Å²) in [6, 6.07) is 0.762. The molecule has 0 aliphatic heterocycles. The van der Waals surface area contributed by atoms with Crippen LogP contribution in [-0.4, -0.2) is 30.1 Å². The van der Waals surface area contributed by atoms with E-state index in [4.69, 9.17) is 5.73 Å². The van der Waals surface area contributed by atoms with Crippen molar-refractivity contribution in [3.63, 3.8) is 0 Å². The summed E-state index contributed by atoms with van der Waals surface area (Å²) in [6.07, 6.45) is 9.45. The van der Waals surface area contributed by atoms with E-state index in [2.05, 4.69) is 39.6 Å². The van der Waals surface area contributed by atoms with E-state index in [0.29, 0.717) is 11.3 Å². The van der Waals surface area contributed by atoms with E-state index in [9.17, 15) is 0 Å². The van der Waals surface area contributed by atoms with E-state index in [-0.39, 0.29) is 5.54 Å². The Hall–Kier alpha value is -0.0800. The van der Waals surface area contributed by atoms with Crippen molar-refractivity contribution in [3.05, 3.63) is 0 Å². The predicted molar refractivity (Wildman–Crippen MR) is 87.8 cm³/mol. The van der Waals surface area contributed by atoms with Gasteiger partial charge in [0, 0.05) is 18.1 Å². The molecule has 0 heterocycles. The van der Waals surface area contributed by atoms with Crippen molar-refractivity contribution in [3.8, 4) is 0 Å². The van der Waals surface area contributed by atoms with Crippen LogP contribution >= 0.6 is 0 Å². The van der Waals surface area contributed by atoms with Gasteiger partial charge in [-0.2, -0.15) is 0 Å². The lowest BCUT2D eigenvalue weighted by Gasteiger charge is -2.55. The van der Waals surface area contributed by atoms with Crippen LogP contribution < -0.4 is 5.73 Å². The molecule has 0 aromatic heterocycles. The summed E-state index contributed by atoms with van der Waals surface area (Å²) >= 11 is 0. The van der Waals surface area contributed by atoms with Crippen LogP contribution in [0, 0.1) is 17.3 Å². The second-order valence-electron chi connectivity index (χ2n) is 8.60. The highest BCUT2D eigenvalue weighted by Crippen LogP contribution is 2.47. The molecule has 0 bridgehead atoms. The van der Waals surface area contributed by atoms with Gasteiger partial charge in [-0.05, 0) is 69.2 Å². The number of rotatable bonds is 3. The fourth-order valence-electron chi connectivity index (χ4n) is 4.89. The summed E-state index contributed by atoms with van der Waals surface area (Å²) in [6.45, 7) is 10.5. The summed E-state index contributed by atoms with van der Waals surface area (Å²) in [4.78, 5) is 2.71. The summed E-state index contributed by atoms with van der Waals surface area (Å²) < 4.78 is 0. The topological polar surface area (TPSA) is 29.3 Å². The highest BCUT2D eigenvalue weighted by Gasteiger charge is 2.47. The molecule has 0 radical (unpaired) electrons. The first-order valence-corrected chi connectivity index (χ1v) is 8.74. The minimum Gasteiger partial charge on any atom is -0.329 e. The highest BCUT2D eigenvalue weighted by molar-refractivity contribution is 5.03. The Morgan fingerprint density at radius 3 is 2.15 bits per heavy atom.